The maximum absolute atomic E-state index is 11.9. The van der Waals surface area contributed by atoms with E-state index in [2.05, 4.69) is 10.2 Å². The summed E-state index contributed by atoms with van der Waals surface area (Å²) in [5.74, 6) is -0.326. The first-order valence-electron chi connectivity index (χ1n) is 7.11. The lowest BCUT2D eigenvalue weighted by atomic mass is 10.1. The number of sulfonamides is 1. The van der Waals surface area contributed by atoms with Gasteiger partial charge in [0.15, 0.2) is 0 Å². The maximum atomic E-state index is 11.9. The molecule has 1 aliphatic rings. The molecular weight excluding hydrogens is 304 g/mol. The highest BCUT2D eigenvalue weighted by atomic mass is 32.2. The van der Waals surface area contributed by atoms with Crippen LogP contribution in [-0.4, -0.2) is 48.3 Å². The van der Waals surface area contributed by atoms with Crippen LogP contribution in [0.1, 0.15) is 12.0 Å². The third-order valence-electron chi connectivity index (χ3n) is 3.94. The van der Waals surface area contributed by atoms with Crippen molar-refractivity contribution in [3.63, 3.8) is 0 Å². The summed E-state index contributed by atoms with van der Waals surface area (Å²) >= 11 is 0. The fourth-order valence-electron chi connectivity index (χ4n) is 2.92. The number of fused-ring (bicyclic) bond motifs is 1. The molecule has 1 aromatic carbocycles. The Hall–Kier alpha value is -1.93. The van der Waals surface area contributed by atoms with Crippen LogP contribution in [-0.2, 0) is 21.2 Å². The second-order valence-electron chi connectivity index (χ2n) is 5.78. The van der Waals surface area contributed by atoms with Crippen molar-refractivity contribution < 1.29 is 13.2 Å². The number of nitrogens with zero attached hydrogens (tertiary/aromatic N) is 2. The number of primary sulfonamides is 1. The van der Waals surface area contributed by atoms with Crippen LogP contribution in [0.3, 0.4) is 0 Å². The quantitative estimate of drug-likeness (QED) is 0.822. The van der Waals surface area contributed by atoms with Crippen LogP contribution >= 0.6 is 0 Å². The van der Waals surface area contributed by atoms with E-state index in [1.54, 1.807) is 11.1 Å². The number of nitrogens with one attached hydrogen (secondary N) is 1. The molecule has 1 aliphatic heterocycles. The highest BCUT2D eigenvalue weighted by Gasteiger charge is 2.31. The Kier molecular flexibility index (Phi) is 3.88. The molecule has 0 aliphatic carbocycles. The fourth-order valence-corrected chi connectivity index (χ4v) is 3.80. The Morgan fingerprint density at radius 2 is 2.23 bits per heavy atom. The van der Waals surface area contributed by atoms with E-state index in [-0.39, 0.29) is 24.0 Å². The third-order valence-corrected chi connectivity index (χ3v) is 4.87. The molecule has 1 unspecified atom stereocenters. The van der Waals surface area contributed by atoms with Crippen molar-refractivity contribution in [3.8, 4) is 0 Å². The molecule has 0 saturated carbocycles. The Labute approximate surface area is 128 Å². The van der Waals surface area contributed by atoms with E-state index in [0.717, 1.165) is 22.9 Å². The minimum absolute atomic E-state index is 0.00182. The lowest BCUT2D eigenvalue weighted by Crippen LogP contribution is -2.29. The second kappa shape index (κ2) is 5.69. The van der Waals surface area contributed by atoms with E-state index in [1.165, 1.54) is 0 Å². The van der Waals surface area contributed by atoms with Crippen molar-refractivity contribution in [1.29, 1.82) is 0 Å². The lowest BCUT2D eigenvalue weighted by molar-refractivity contribution is -0.127. The van der Waals surface area contributed by atoms with E-state index in [4.69, 9.17) is 5.14 Å². The molecule has 1 aromatic heterocycles. The van der Waals surface area contributed by atoms with Gasteiger partial charge in [0.25, 0.3) is 0 Å². The Morgan fingerprint density at radius 3 is 3.00 bits per heavy atom. The van der Waals surface area contributed by atoms with Crippen molar-refractivity contribution in [2.75, 3.05) is 18.8 Å². The average molecular weight is 322 g/mol. The number of likely N-dealkylation sites (tertiary alicyclic amines) is 1. The molecule has 2 heterocycles. The number of hydrogen-bond acceptors (Lipinski definition) is 4. The number of rotatable bonds is 5. The van der Waals surface area contributed by atoms with Crippen molar-refractivity contribution in [2.45, 2.75) is 12.8 Å². The third kappa shape index (κ3) is 3.45. The summed E-state index contributed by atoms with van der Waals surface area (Å²) in [7, 11) is -3.53. The molecule has 1 saturated heterocycles. The first-order valence-corrected chi connectivity index (χ1v) is 8.82. The molecule has 0 bridgehead atoms. The van der Waals surface area contributed by atoms with Crippen molar-refractivity contribution in [1.82, 2.24) is 15.1 Å². The largest absolute Gasteiger partial charge is 0.342 e. The number of nitrogens with two attached hydrogens (primary N) is 1. The van der Waals surface area contributed by atoms with Gasteiger partial charge in [-0.3, -0.25) is 9.89 Å². The van der Waals surface area contributed by atoms with Crippen LogP contribution < -0.4 is 5.14 Å². The van der Waals surface area contributed by atoms with Gasteiger partial charge in [-0.1, -0.05) is 6.07 Å². The van der Waals surface area contributed by atoms with Crippen LogP contribution in [0.15, 0.2) is 24.4 Å². The molecule has 2 aromatic rings. The predicted octanol–water partition coefficient (Wildman–Crippen LogP) is 0.242. The normalized spacial score (nSPS) is 19.2. The Bertz CT molecular complexity index is 799. The monoisotopic (exact) mass is 322 g/mol. The summed E-state index contributed by atoms with van der Waals surface area (Å²) in [5.41, 5.74) is 2.10. The minimum Gasteiger partial charge on any atom is -0.342 e. The van der Waals surface area contributed by atoms with Gasteiger partial charge in [-0.05, 0) is 24.1 Å². The van der Waals surface area contributed by atoms with Crippen LogP contribution in [0.4, 0.5) is 0 Å². The molecule has 7 nitrogen and oxygen atoms in total. The van der Waals surface area contributed by atoms with Crippen molar-refractivity contribution >= 4 is 26.8 Å². The smallest absolute Gasteiger partial charge is 0.222 e. The number of aromatic amines is 1. The van der Waals surface area contributed by atoms with Gasteiger partial charge >= 0.3 is 0 Å². The molecule has 0 radical (unpaired) electrons. The molecule has 1 fully saturated rings. The number of amides is 1. The molecule has 8 heteroatoms. The molecule has 22 heavy (non-hydrogen) atoms. The summed E-state index contributed by atoms with van der Waals surface area (Å²) in [5, 5.41) is 13.0. The van der Waals surface area contributed by atoms with Crippen LogP contribution in [0.5, 0.6) is 0 Å². The van der Waals surface area contributed by atoms with E-state index in [0.29, 0.717) is 13.1 Å². The topological polar surface area (TPSA) is 109 Å². The summed E-state index contributed by atoms with van der Waals surface area (Å²) in [4.78, 5) is 13.7. The highest BCUT2D eigenvalue weighted by molar-refractivity contribution is 7.89. The van der Waals surface area contributed by atoms with Gasteiger partial charge < -0.3 is 4.90 Å². The molecule has 3 rings (SSSR count). The first-order chi connectivity index (χ1) is 10.4. The van der Waals surface area contributed by atoms with Gasteiger partial charge in [0.05, 0.1) is 17.5 Å². The molecule has 0 spiro atoms. The zero-order valence-electron chi connectivity index (χ0n) is 12.0. The molecule has 118 valence electrons. The zero-order valence-corrected chi connectivity index (χ0v) is 12.8. The van der Waals surface area contributed by atoms with Gasteiger partial charge in [-0.25, -0.2) is 13.6 Å². The Balaban J connectivity index is 1.60. The molecule has 1 atom stereocenters. The first kappa shape index (κ1) is 15.0. The number of aromatic nitrogens is 2. The van der Waals surface area contributed by atoms with Crippen LogP contribution in [0.25, 0.3) is 10.9 Å². The summed E-state index contributed by atoms with van der Waals surface area (Å²) in [6.45, 7) is 1.05. The summed E-state index contributed by atoms with van der Waals surface area (Å²) in [6.07, 6.45) is 2.76. The number of carbonyl (C=O) groups excluding carboxylic acids is 1. The molecule has 3 N–H and O–H groups in total. The second-order valence-corrected chi connectivity index (χ2v) is 7.44. The fraction of sp³-hybridized carbons (Fsp3) is 0.429. The van der Waals surface area contributed by atoms with Gasteiger partial charge in [0.2, 0.25) is 15.9 Å². The van der Waals surface area contributed by atoms with E-state index in [1.807, 2.05) is 18.2 Å². The van der Waals surface area contributed by atoms with E-state index in [9.17, 15) is 13.2 Å². The van der Waals surface area contributed by atoms with Crippen LogP contribution in [0.2, 0.25) is 0 Å². The van der Waals surface area contributed by atoms with E-state index >= 15 is 0 Å². The predicted molar refractivity (Wildman–Crippen MR) is 82.5 cm³/mol. The minimum atomic E-state index is -3.53. The van der Waals surface area contributed by atoms with Crippen LogP contribution in [0, 0.1) is 5.92 Å². The number of carbonyl (C=O) groups is 1. The average Bonchev–Trinajstić information content (AvgIpc) is 3.00. The summed E-state index contributed by atoms with van der Waals surface area (Å²) in [6, 6.07) is 6.01. The zero-order chi connectivity index (χ0) is 15.7. The highest BCUT2D eigenvalue weighted by Crippen LogP contribution is 2.20. The molecular formula is C14H18N4O3S. The number of hydrogen-bond donors (Lipinski definition) is 2. The van der Waals surface area contributed by atoms with Crippen molar-refractivity contribution in [3.05, 3.63) is 30.0 Å². The lowest BCUT2D eigenvalue weighted by Gasteiger charge is -2.16. The summed E-state index contributed by atoms with van der Waals surface area (Å²) < 4.78 is 22.2. The van der Waals surface area contributed by atoms with Crippen molar-refractivity contribution in [2.24, 2.45) is 11.1 Å². The molecule has 1 amide bonds. The van der Waals surface area contributed by atoms with Gasteiger partial charge in [-0.2, -0.15) is 5.10 Å². The SMILES string of the molecule is NS(=O)(=O)CC1CC(=O)N(CCc2ccc3[nH]ncc3c2)C1. The van der Waals surface area contributed by atoms with E-state index < -0.39 is 10.0 Å². The Morgan fingerprint density at radius 1 is 1.41 bits per heavy atom. The number of H-pyrrole nitrogens is 1. The van der Waals surface area contributed by atoms with Gasteiger partial charge in [-0.15, -0.1) is 0 Å². The van der Waals surface area contributed by atoms with Gasteiger partial charge in [0, 0.05) is 30.8 Å². The maximum Gasteiger partial charge on any atom is 0.222 e. The number of benzene rings is 1. The van der Waals surface area contributed by atoms with Gasteiger partial charge in [0.1, 0.15) is 0 Å². The standard InChI is InChI=1S/C14H18N4O3S/c15-22(20,21)9-11-6-14(19)18(8-11)4-3-10-1-2-13-12(5-10)7-16-17-13/h1-2,5,7,11H,3-4,6,8-9H2,(H,16,17)(H2,15,20,21).